The van der Waals surface area contributed by atoms with Crippen LogP contribution < -0.4 is 14.8 Å². The Morgan fingerprint density at radius 1 is 1.00 bits per heavy atom. The van der Waals surface area contributed by atoms with Crippen LogP contribution in [0.2, 0.25) is 0 Å². The molecule has 4 rings (SSSR count). The first kappa shape index (κ1) is 21.5. The molecular weight excluding hydrogens is 428 g/mol. The molecule has 1 aromatic heterocycles. The highest BCUT2D eigenvalue weighted by molar-refractivity contribution is 7.92. The van der Waals surface area contributed by atoms with E-state index in [2.05, 4.69) is 10.0 Å². The molecule has 0 spiro atoms. The molecule has 164 valence electrons. The van der Waals surface area contributed by atoms with E-state index in [1.54, 1.807) is 38.3 Å². The van der Waals surface area contributed by atoms with E-state index >= 15 is 0 Å². The molecule has 0 bridgehead atoms. The van der Waals surface area contributed by atoms with Crippen LogP contribution in [0.4, 0.5) is 11.4 Å². The van der Waals surface area contributed by atoms with Gasteiger partial charge in [-0.15, -0.1) is 0 Å². The van der Waals surface area contributed by atoms with Crippen molar-refractivity contribution < 1.29 is 22.4 Å². The van der Waals surface area contributed by atoms with Gasteiger partial charge in [-0.1, -0.05) is 36.4 Å². The summed E-state index contributed by atoms with van der Waals surface area (Å²) in [6.07, 6.45) is 1.08. The van der Waals surface area contributed by atoms with Crippen molar-refractivity contribution in [3.05, 3.63) is 78.1 Å². The normalized spacial score (nSPS) is 11.3. The molecule has 0 saturated carbocycles. The van der Waals surface area contributed by atoms with Gasteiger partial charge >= 0.3 is 0 Å². The second-order valence-electron chi connectivity index (χ2n) is 7.39. The fourth-order valence-corrected chi connectivity index (χ4v) is 4.07. The number of hydrogen-bond donors (Lipinski definition) is 2. The summed E-state index contributed by atoms with van der Waals surface area (Å²) in [5.41, 5.74) is 3.59. The molecular formula is C24H22N2O5S. The zero-order valence-corrected chi connectivity index (χ0v) is 18.6. The highest BCUT2D eigenvalue weighted by atomic mass is 32.2. The number of methoxy groups -OCH3 is 1. The molecule has 1 amide bonds. The third-order valence-corrected chi connectivity index (χ3v) is 5.55. The van der Waals surface area contributed by atoms with Gasteiger partial charge in [0.2, 0.25) is 15.8 Å². The van der Waals surface area contributed by atoms with Crippen molar-refractivity contribution in [1.82, 2.24) is 0 Å². The van der Waals surface area contributed by atoms with Gasteiger partial charge in [0.1, 0.15) is 11.3 Å². The molecule has 0 aliphatic rings. The Bertz CT molecular complexity index is 1410. The SMILES string of the molecule is COc1ccc2c(-c3ccccc3)c(C(=O)Nc3ccc(C)c(NS(C)(=O)=O)c3)oc2c1. The van der Waals surface area contributed by atoms with Gasteiger partial charge in [-0.2, -0.15) is 0 Å². The Morgan fingerprint density at radius 2 is 1.75 bits per heavy atom. The van der Waals surface area contributed by atoms with Crippen LogP contribution in [0, 0.1) is 6.92 Å². The van der Waals surface area contributed by atoms with Crippen molar-refractivity contribution in [3.8, 4) is 16.9 Å². The molecule has 2 N–H and O–H groups in total. The standard InChI is InChI=1S/C24H22N2O5S/c1-15-9-10-17(13-20(15)26-32(3,28)29)25-24(27)23-22(16-7-5-4-6-8-16)19-12-11-18(30-2)14-21(19)31-23/h4-14,26H,1-3H3,(H,25,27). The highest BCUT2D eigenvalue weighted by Crippen LogP contribution is 2.37. The summed E-state index contributed by atoms with van der Waals surface area (Å²) >= 11 is 0. The van der Waals surface area contributed by atoms with Crippen LogP contribution in [0.5, 0.6) is 5.75 Å². The van der Waals surface area contributed by atoms with E-state index in [1.807, 2.05) is 42.5 Å². The first-order valence-corrected chi connectivity index (χ1v) is 11.7. The Balaban J connectivity index is 1.76. The first-order valence-electron chi connectivity index (χ1n) is 9.81. The summed E-state index contributed by atoms with van der Waals surface area (Å²) in [4.78, 5) is 13.2. The lowest BCUT2D eigenvalue weighted by Crippen LogP contribution is -2.14. The number of nitrogens with one attached hydrogen (secondary N) is 2. The van der Waals surface area contributed by atoms with Crippen molar-refractivity contribution in [2.24, 2.45) is 0 Å². The quantitative estimate of drug-likeness (QED) is 0.429. The number of furan rings is 1. The van der Waals surface area contributed by atoms with E-state index in [0.717, 1.165) is 22.8 Å². The highest BCUT2D eigenvalue weighted by Gasteiger charge is 2.22. The topological polar surface area (TPSA) is 97.6 Å². The number of anilines is 2. The number of ether oxygens (including phenoxy) is 1. The molecule has 0 aliphatic carbocycles. The summed E-state index contributed by atoms with van der Waals surface area (Å²) in [5.74, 6) is 0.318. The third kappa shape index (κ3) is 4.45. The number of carbonyl (C=O) groups excluding carboxylic acids is 1. The largest absolute Gasteiger partial charge is 0.497 e. The molecule has 0 unspecified atom stereocenters. The number of aryl methyl sites for hydroxylation is 1. The maximum Gasteiger partial charge on any atom is 0.292 e. The molecule has 32 heavy (non-hydrogen) atoms. The predicted molar refractivity (Wildman–Crippen MR) is 126 cm³/mol. The lowest BCUT2D eigenvalue weighted by molar-refractivity contribution is 0.0999. The van der Waals surface area contributed by atoms with E-state index in [0.29, 0.717) is 28.3 Å². The molecule has 7 nitrogen and oxygen atoms in total. The molecule has 1 heterocycles. The van der Waals surface area contributed by atoms with Gasteiger partial charge in [-0.25, -0.2) is 8.42 Å². The van der Waals surface area contributed by atoms with Gasteiger partial charge < -0.3 is 14.5 Å². The number of amides is 1. The lowest BCUT2D eigenvalue weighted by atomic mass is 10.0. The van der Waals surface area contributed by atoms with Crippen LogP contribution in [0.25, 0.3) is 22.1 Å². The van der Waals surface area contributed by atoms with E-state index in [1.165, 1.54) is 0 Å². The van der Waals surface area contributed by atoms with E-state index in [9.17, 15) is 13.2 Å². The molecule has 8 heteroatoms. The second kappa shape index (κ2) is 8.39. The molecule has 0 fully saturated rings. The fourth-order valence-electron chi connectivity index (χ4n) is 3.45. The Kier molecular flexibility index (Phi) is 5.63. The van der Waals surface area contributed by atoms with Crippen LogP contribution in [-0.4, -0.2) is 27.7 Å². The Morgan fingerprint density at radius 3 is 2.44 bits per heavy atom. The summed E-state index contributed by atoms with van der Waals surface area (Å²) in [7, 11) is -1.89. The first-order chi connectivity index (χ1) is 15.2. The van der Waals surface area contributed by atoms with Crippen LogP contribution in [0.15, 0.2) is 71.1 Å². The van der Waals surface area contributed by atoms with Crippen LogP contribution in [0.3, 0.4) is 0 Å². The van der Waals surface area contributed by atoms with Crippen molar-refractivity contribution in [2.75, 3.05) is 23.4 Å². The van der Waals surface area contributed by atoms with Crippen LogP contribution >= 0.6 is 0 Å². The van der Waals surface area contributed by atoms with E-state index in [-0.39, 0.29) is 5.76 Å². The van der Waals surface area contributed by atoms with Crippen molar-refractivity contribution in [3.63, 3.8) is 0 Å². The molecule has 0 aliphatic heterocycles. The van der Waals surface area contributed by atoms with Crippen molar-refractivity contribution >= 4 is 38.3 Å². The monoisotopic (exact) mass is 450 g/mol. The predicted octanol–water partition coefficient (Wildman–Crippen LogP) is 5.04. The van der Waals surface area contributed by atoms with Gasteiger partial charge in [-0.3, -0.25) is 9.52 Å². The lowest BCUT2D eigenvalue weighted by Gasteiger charge is -2.11. The van der Waals surface area contributed by atoms with Gasteiger partial charge in [-0.05, 0) is 42.3 Å². The van der Waals surface area contributed by atoms with Gasteiger partial charge in [0.25, 0.3) is 5.91 Å². The van der Waals surface area contributed by atoms with Crippen molar-refractivity contribution in [1.29, 1.82) is 0 Å². The average Bonchev–Trinajstić information content (AvgIpc) is 3.14. The number of rotatable bonds is 6. The number of carbonyl (C=O) groups is 1. The minimum Gasteiger partial charge on any atom is -0.497 e. The Labute approximate surface area is 186 Å². The summed E-state index contributed by atoms with van der Waals surface area (Å²) < 4.78 is 37.0. The van der Waals surface area contributed by atoms with E-state index in [4.69, 9.17) is 9.15 Å². The minimum atomic E-state index is -3.46. The van der Waals surface area contributed by atoms with Crippen LogP contribution in [-0.2, 0) is 10.0 Å². The van der Waals surface area contributed by atoms with Gasteiger partial charge in [0.15, 0.2) is 0 Å². The van der Waals surface area contributed by atoms with Crippen molar-refractivity contribution in [2.45, 2.75) is 6.92 Å². The smallest absolute Gasteiger partial charge is 0.292 e. The van der Waals surface area contributed by atoms with Crippen LogP contribution in [0.1, 0.15) is 16.1 Å². The molecule has 0 atom stereocenters. The fraction of sp³-hybridized carbons (Fsp3) is 0.125. The number of fused-ring (bicyclic) bond motifs is 1. The van der Waals surface area contributed by atoms with Gasteiger partial charge in [0.05, 0.1) is 19.1 Å². The number of hydrogen-bond acceptors (Lipinski definition) is 5. The minimum absolute atomic E-state index is 0.151. The number of sulfonamides is 1. The molecule has 0 radical (unpaired) electrons. The maximum atomic E-state index is 13.2. The molecule has 0 saturated heterocycles. The third-order valence-electron chi connectivity index (χ3n) is 4.96. The number of benzene rings is 3. The zero-order chi connectivity index (χ0) is 22.9. The summed E-state index contributed by atoms with van der Waals surface area (Å²) in [6.45, 7) is 1.78. The van der Waals surface area contributed by atoms with Gasteiger partial charge in [0, 0.05) is 22.7 Å². The summed E-state index contributed by atoms with van der Waals surface area (Å²) in [5, 5.41) is 3.60. The summed E-state index contributed by atoms with van der Waals surface area (Å²) in [6, 6.07) is 19.9. The molecule has 4 aromatic rings. The second-order valence-corrected chi connectivity index (χ2v) is 9.14. The zero-order valence-electron chi connectivity index (χ0n) is 17.8. The average molecular weight is 451 g/mol. The van der Waals surface area contributed by atoms with E-state index < -0.39 is 15.9 Å². The molecule has 3 aromatic carbocycles. The maximum absolute atomic E-state index is 13.2. The Hall–Kier alpha value is -3.78.